The molecule has 36 heavy (non-hydrogen) atoms. The second-order valence-corrected chi connectivity index (χ2v) is 12.2. The average Bonchev–Trinajstić information content (AvgIpc) is 2.71. The SMILES string of the molecule is CC(C)(C)OC(=O)N1CCN(Cc2ccc(C3(O)COC3)cc2OC(C)(C)C(=O)OC(C)(C)C)CC1. The van der Waals surface area contributed by atoms with Gasteiger partial charge < -0.3 is 29.0 Å². The summed E-state index contributed by atoms with van der Waals surface area (Å²) in [4.78, 5) is 29.2. The first kappa shape index (κ1) is 28.2. The maximum atomic E-state index is 12.9. The fraction of sp³-hybridized carbons (Fsp3) is 0.704. The molecule has 9 heteroatoms. The van der Waals surface area contributed by atoms with E-state index in [0.717, 1.165) is 5.56 Å². The van der Waals surface area contributed by atoms with E-state index in [1.54, 1.807) is 24.8 Å². The van der Waals surface area contributed by atoms with Gasteiger partial charge in [-0.3, -0.25) is 4.90 Å². The van der Waals surface area contributed by atoms with Gasteiger partial charge in [0.25, 0.3) is 0 Å². The zero-order valence-electron chi connectivity index (χ0n) is 23.0. The Labute approximate surface area is 214 Å². The highest BCUT2D eigenvalue weighted by molar-refractivity contribution is 5.79. The second-order valence-electron chi connectivity index (χ2n) is 12.2. The van der Waals surface area contributed by atoms with E-state index in [0.29, 0.717) is 44.0 Å². The molecule has 2 aliphatic rings. The van der Waals surface area contributed by atoms with Crippen LogP contribution < -0.4 is 4.74 Å². The van der Waals surface area contributed by atoms with Crippen LogP contribution >= 0.6 is 0 Å². The van der Waals surface area contributed by atoms with E-state index in [9.17, 15) is 14.7 Å². The van der Waals surface area contributed by atoms with E-state index in [2.05, 4.69) is 4.90 Å². The molecule has 1 aromatic rings. The first-order valence-electron chi connectivity index (χ1n) is 12.5. The number of amides is 1. The van der Waals surface area contributed by atoms with Crippen LogP contribution in [0.15, 0.2) is 18.2 Å². The van der Waals surface area contributed by atoms with Gasteiger partial charge in [0.05, 0.1) is 13.2 Å². The Morgan fingerprint density at radius 2 is 1.53 bits per heavy atom. The van der Waals surface area contributed by atoms with Crippen LogP contribution in [0.3, 0.4) is 0 Å². The molecular weight excluding hydrogens is 464 g/mol. The predicted octanol–water partition coefficient (Wildman–Crippen LogP) is 3.46. The van der Waals surface area contributed by atoms with Crippen LogP contribution in [0.2, 0.25) is 0 Å². The molecule has 2 heterocycles. The van der Waals surface area contributed by atoms with Crippen molar-refractivity contribution in [3.05, 3.63) is 29.3 Å². The van der Waals surface area contributed by atoms with Gasteiger partial charge in [-0.25, -0.2) is 9.59 Å². The van der Waals surface area contributed by atoms with E-state index >= 15 is 0 Å². The van der Waals surface area contributed by atoms with Gasteiger partial charge in [0.15, 0.2) is 5.60 Å². The van der Waals surface area contributed by atoms with Crippen molar-refractivity contribution in [1.82, 2.24) is 9.80 Å². The van der Waals surface area contributed by atoms with Gasteiger partial charge in [0.1, 0.15) is 22.6 Å². The van der Waals surface area contributed by atoms with Crippen molar-refractivity contribution in [3.63, 3.8) is 0 Å². The third-order valence-electron chi connectivity index (χ3n) is 5.96. The smallest absolute Gasteiger partial charge is 0.410 e. The zero-order valence-corrected chi connectivity index (χ0v) is 23.0. The number of hydrogen-bond acceptors (Lipinski definition) is 8. The molecule has 0 aromatic heterocycles. The van der Waals surface area contributed by atoms with Crippen LogP contribution in [0.4, 0.5) is 4.79 Å². The van der Waals surface area contributed by atoms with Gasteiger partial charge in [-0.2, -0.15) is 0 Å². The summed E-state index contributed by atoms with van der Waals surface area (Å²) in [6, 6.07) is 5.59. The van der Waals surface area contributed by atoms with Crippen molar-refractivity contribution >= 4 is 12.1 Å². The number of aliphatic hydroxyl groups is 1. The van der Waals surface area contributed by atoms with Crippen LogP contribution in [-0.2, 0) is 31.2 Å². The number of esters is 1. The molecule has 0 unspecified atom stereocenters. The molecule has 2 fully saturated rings. The van der Waals surface area contributed by atoms with Gasteiger partial charge in [-0.15, -0.1) is 0 Å². The van der Waals surface area contributed by atoms with Crippen LogP contribution in [0.1, 0.15) is 66.5 Å². The number of benzene rings is 1. The Hall–Kier alpha value is -2.36. The molecule has 9 nitrogen and oxygen atoms in total. The first-order chi connectivity index (χ1) is 16.5. The Morgan fingerprint density at radius 1 is 0.944 bits per heavy atom. The van der Waals surface area contributed by atoms with Crippen molar-refractivity contribution in [2.75, 3.05) is 39.4 Å². The van der Waals surface area contributed by atoms with E-state index in [4.69, 9.17) is 18.9 Å². The molecule has 0 saturated carbocycles. The molecule has 0 radical (unpaired) electrons. The highest BCUT2D eigenvalue weighted by Gasteiger charge is 2.40. The number of ether oxygens (including phenoxy) is 4. The summed E-state index contributed by atoms with van der Waals surface area (Å²) in [6.45, 7) is 17.8. The standard InChI is InChI=1S/C27H42N2O7/c1-24(2,3)35-22(30)26(7,8)34-21-15-20(27(32)17-33-18-27)10-9-19(21)16-28-11-13-29(14-12-28)23(31)36-25(4,5)6/h9-10,15,32H,11-14,16-18H2,1-8H3. The summed E-state index contributed by atoms with van der Waals surface area (Å²) in [7, 11) is 0. The predicted molar refractivity (Wildman–Crippen MR) is 135 cm³/mol. The summed E-state index contributed by atoms with van der Waals surface area (Å²) < 4.78 is 22.5. The molecule has 1 N–H and O–H groups in total. The molecule has 202 valence electrons. The number of rotatable bonds is 6. The molecule has 2 saturated heterocycles. The number of hydrogen-bond donors (Lipinski definition) is 1. The van der Waals surface area contributed by atoms with Crippen molar-refractivity contribution in [2.45, 2.75) is 84.3 Å². The molecule has 1 aromatic carbocycles. The third-order valence-corrected chi connectivity index (χ3v) is 5.96. The third kappa shape index (κ3) is 7.33. The Balaban J connectivity index is 1.75. The van der Waals surface area contributed by atoms with Crippen molar-refractivity contribution in [3.8, 4) is 5.75 Å². The average molecular weight is 507 g/mol. The Morgan fingerprint density at radius 3 is 2.03 bits per heavy atom. The number of piperazine rings is 1. The van der Waals surface area contributed by atoms with Crippen molar-refractivity contribution < 1.29 is 33.6 Å². The van der Waals surface area contributed by atoms with Crippen LogP contribution in [0.5, 0.6) is 5.75 Å². The summed E-state index contributed by atoms with van der Waals surface area (Å²) in [6.07, 6.45) is -0.300. The molecule has 2 aliphatic heterocycles. The molecule has 0 spiro atoms. The summed E-state index contributed by atoms with van der Waals surface area (Å²) in [5.74, 6) is 0.0428. The van der Waals surface area contributed by atoms with Crippen LogP contribution in [0, 0.1) is 0 Å². The Bertz CT molecular complexity index is 950. The van der Waals surface area contributed by atoms with Gasteiger partial charge in [0.2, 0.25) is 0 Å². The maximum Gasteiger partial charge on any atom is 0.410 e. The topological polar surface area (TPSA) is 97.8 Å². The minimum absolute atomic E-state index is 0.216. The van der Waals surface area contributed by atoms with Gasteiger partial charge >= 0.3 is 12.1 Å². The van der Waals surface area contributed by atoms with Gasteiger partial charge in [0, 0.05) is 38.3 Å². The van der Waals surface area contributed by atoms with E-state index in [1.165, 1.54) is 0 Å². The van der Waals surface area contributed by atoms with Crippen LogP contribution in [0.25, 0.3) is 0 Å². The number of nitrogens with zero attached hydrogens (tertiary/aromatic N) is 2. The molecule has 0 atom stereocenters. The maximum absolute atomic E-state index is 12.9. The van der Waals surface area contributed by atoms with Crippen molar-refractivity contribution in [1.29, 1.82) is 0 Å². The molecule has 1 amide bonds. The molecule has 3 rings (SSSR count). The molecule has 0 aliphatic carbocycles. The summed E-state index contributed by atoms with van der Waals surface area (Å²) in [5, 5.41) is 10.8. The lowest BCUT2D eigenvalue weighted by atomic mass is 9.91. The van der Waals surface area contributed by atoms with Crippen LogP contribution in [-0.4, -0.2) is 83.2 Å². The lowest BCUT2D eigenvalue weighted by molar-refractivity contribution is -0.184. The fourth-order valence-electron chi connectivity index (χ4n) is 3.91. The second kappa shape index (κ2) is 10.2. The lowest BCUT2D eigenvalue weighted by Crippen LogP contribution is -2.49. The quantitative estimate of drug-likeness (QED) is 0.586. The number of carbonyl (C=O) groups is 2. The molecule has 0 bridgehead atoms. The minimum atomic E-state index is -1.24. The van der Waals surface area contributed by atoms with E-state index in [-0.39, 0.29) is 19.3 Å². The monoisotopic (exact) mass is 506 g/mol. The van der Waals surface area contributed by atoms with Crippen molar-refractivity contribution in [2.24, 2.45) is 0 Å². The largest absolute Gasteiger partial charge is 0.476 e. The van der Waals surface area contributed by atoms with Gasteiger partial charge in [-0.1, -0.05) is 12.1 Å². The first-order valence-corrected chi connectivity index (χ1v) is 12.5. The number of carbonyl (C=O) groups excluding carboxylic acids is 2. The van der Waals surface area contributed by atoms with E-state index < -0.39 is 28.4 Å². The summed E-state index contributed by atoms with van der Waals surface area (Å²) >= 11 is 0. The summed E-state index contributed by atoms with van der Waals surface area (Å²) in [5.41, 5.74) is -1.92. The highest BCUT2D eigenvalue weighted by Crippen LogP contribution is 2.35. The highest BCUT2D eigenvalue weighted by atomic mass is 16.6. The molecular formula is C27H42N2O7. The zero-order chi connectivity index (χ0) is 26.9. The normalized spacial score (nSPS) is 18.9. The van der Waals surface area contributed by atoms with Gasteiger partial charge in [-0.05, 0) is 67.0 Å². The van der Waals surface area contributed by atoms with E-state index in [1.807, 2.05) is 53.7 Å². The lowest BCUT2D eigenvalue weighted by Gasteiger charge is -2.38. The fourth-order valence-corrected chi connectivity index (χ4v) is 3.91. The minimum Gasteiger partial charge on any atom is -0.476 e. The Kier molecular flexibility index (Phi) is 7.98.